The minimum atomic E-state index is -0.860. The second kappa shape index (κ2) is 9.31. The lowest BCUT2D eigenvalue weighted by molar-refractivity contribution is -0.143. The molecule has 1 heterocycles. The molecule has 1 aromatic rings. The van der Waals surface area contributed by atoms with Gasteiger partial charge in [0.25, 0.3) is 0 Å². The van der Waals surface area contributed by atoms with Crippen LogP contribution in [0.1, 0.15) is 19.3 Å². The number of nitrogens with zero attached hydrogens (tertiary/aromatic N) is 1. The molecule has 1 aliphatic heterocycles. The molecule has 1 unspecified atom stereocenters. The maximum Gasteiger partial charge on any atom is 0.321 e. The third kappa shape index (κ3) is 5.97. The van der Waals surface area contributed by atoms with Crippen molar-refractivity contribution in [3.63, 3.8) is 0 Å². The van der Waals surface area contributed by atoms with Crippen molar-refractivity contribution in [3.05, 3.63) is 24.3 Å². The number of ether oxygens (including phenoxy) is 1. The van der Waals surface area contributed by atoms with Crippen LogP contribution in [0.25, 0.3) is 0 Å². The number of amides is 2. The van der Waals surface area contributed by atoms with E-state index in [1.54, 1.807) is 11.0 Å². The van der Waals surface area contributed by atoms with Crippen molar-refractivity contribution in [2.75, 3.05) is 31.3 Å². The number of nitrogens with one attached hydrogen (secondary N) is 1. The third-order valence-electron chi connectivity index (χ3n) is 3.95. The normalized spacial score (nSPS) is 17.0. The van der Waals surface area contributed by atoms with Gasteiger partial charge in [-0.15, -0.1) is 11.8 Å². The SMILES string of the molecule is COC(=O)CCSc1cccc(NC(=O)N2CCCC(C(=O)O)C2)c1. The fraction of sp³-hybridized carbons (Fsp3) is 0.471. The van der Waals surface area contributed by atoms with Crippen LogP contribution >= 0.6 is 11.8 Å². The van der Waals surface area contributed by atoms with Crippen LogP contribution in [-0.4, -0.2) is 53.9 Å². The summed E-state index contributed by atoms with van der Waals surface area (Å²) < 4.78 is 4.60. The maximum atomic E-state index is 12.3. The van der Waals surface area contributed by atoms with Gasteiger partial charge in [-0.3, -0.25) is 9.59 Å². The summed E-state index contributed by atoms with van der Waals surface area (Å²) in [5.74, 6) is -1.02. The number of aliphatic carboxylic acids is 1. The average molecular weight is 366 g/mol. The molecule has 1 atom stereocenters. The molecular weight excluding hydrogens is 344 g/mol. The number of benzene rings is 1. The number of carbonyl (C=O) groups is 3. The number of anilines is 1. The standard InChI is InChI=1S/C17H22N2O5S/c1-24-15(20)7-9-25-14-6-2-5-13(10-14)18-17(23)19-8-3-4-12(11-19)16(21)22/h2,5-6,10,12H,3-4,7-9,11H2,1H3,(H,18,23)(H,21,22). The van der Waals surface area contributed by atoms with Crippen molar-refractivity contribution in [2.24, 2.45) is 5.92 Å². The molecule has 1 fully saturated rings. The van der Waals surface area contributed by atoms with Crippen molar-refractivity contribution in [2.45, 2.75) is 24.2 Å². The van der Waals surface area contributed by atoms with E-state index in [1.807, 2.05) is 18.2 Å². The predicted molar refractivity (Wildman–Crippen MR) is 94.8 cm³/mol. The van der Waals surface area contributed by atoms with Crippen molar-refractivity contribution >= 4 is 35.4 Å². The van der Waals surface area contributed by atoms with Gasteiger partial charge in [0.05, 0.1) is 19.4 Å². The number of carboxylic acids is 1. The van der Waals surface area contributed by atoms with Crippen LogP contribution in [0.4, 0.5) is 10.5 Å². The molecule has 2 rings (SSSR count). The first-order valence-electron chi connectivity index (χ1n) is 8.08. The first kappa shape index (κ1) is 19.1. The quantitative estimate of drug-likeness (QED) is 0.594. The fourth-order valence-electron chi connectivity index (χ4n) is 2.58. The molecule has 1 aliphatic rings. The Balaban J connectivity index is 1.89. The number of hydrogen-bond donors (Lipinski definition) is 2. The van der Waals surface area contributed by atoms with E-state index < -0.39 is 11.9 Å². The third-order valence-corrected chi connectivity index (χ3v) is 4.94. The summed E-state index contributed by atoms with van der Waals surface area (Å²) in [6, 6.07) is 7.05. The number of urea groups is 1. The molecule has 1 aromatic carbocycles. The Morgan fingerprint density at radius 2 is 2.20 bits per heavy atom. The lowest BCUT2D eigenvalue weighted by Gasteiger charge is -2.30. The van der Waals surface area contributed by atoms with Crippen LogP contribution in [0.5, 0.6) is 0 Å². The number of thioether (sulfide) groups is 1. The van der Waals surface area contributed by atoms with Gasteiger partial charge in [-0.05, 0) is 31.0 Å². The van der Waals surface area contributed by atoms with E-state index in [1.165, 1.54) is 18.9 Å². The van der Waals surface area contributed by atoms with Gasteiger partial charge in [-0.25, -0.2) is 4.79 Å². The van der Waals surface area contributed by atoms with Crippen LogP contribution in [0, 0.1) is 5.92 Å². The van der Waals surface area contributed by atoms with E-state index in [4.69, 9.17) is 5.11 Å². The Labute approximate surface area is 150 Å². The highest BCUT2D eigenvalue weighted by molar-refractivity contribution is 7.99. The van der Waals surface area contributed by atoms with Crippen LogP contribution in [-0.2, 0) is 14.3 Å². The monoisotopic (exact) mass is 366 g/mol. The number of carbonyl (C=O) groups excluding carboxylic acids is 2. The number of rotatable bonds is 6. The largest absolute Gasteiger partial charge is 0.481 e. The van der Waals surface area contributed by atoms with Crippen molar-refractivity contribution < 1.29 is 24.2 Å². The summed E-state index contributed by atoms with van der Waals surface area (Å²) in [6.45, 7) is 0.790. The number of carboxylic acid groups (broad SMARTS) is 1. The zero-order valence-corrected chi connectivity index (χ0v) is 14.9. The lowest BCUT2D eigenvalue weighted by Crippen LogP contribution is -2.44. The van der Waals surface area contributed by atoms with Gasteiger partial charge in [0.1, 0.15) is 0 Å². The molecule has 0 aliphatic carbocycles. The topological polar surface area (TPSA) is 95.9 Å². The van der Waals surface area contributed by atoms with Crippen LogP contribution in [0.2, 0.25) is 0 Å². The van der Waals surface area contributed by atoms with Gasteiger partial charge in [0, 0.05) is 29.4 Å². The molecule has 0 saturated carbocycles. The van der Waals surface area contributed by atoms with Gasteiger partial charge in [-0.2, -0.15) is 0 Å². The minimum Gasteiger partial charge on any atom is -0.481 e. The Morgan fingerprint density at radius 3 is 2.92 bits per heavy atom. The molecule has 1 saturated heterocycles. The van der Waals surface area contributed by atoms with Crippen molar-refractivity contribution in [1.82, 2.24) is 4.90 Å². The highest BCUT2D eigenvalue weighted by Crippen LogP contribution is 2.23. The molecule has 25 heavy (non-hydrogen) atoms. The Kier molecular flexibility index (Phi) is 7.12. The first-order chi connectivity index (χ1) is 12.0. The molecule has 7 nitrogen and oxygen atoms in total. The Morgan fingerprint density at radius 1 is 1.40 bits per heavy atom. The van der Waals surface area contributed by atoms with E-state index in [2.05, 4.69) is 10.1 Å². The summed E-state index contributed by atoms with van der Waals surface area (Å²) in [4.78, 5) is 37.0. The smallest absolute Gasteiger partial charge is 0.321 e. The van der Waals surface area contributed by atoms with Crippen LogP contribution < -0.4 is 5.32 Å². The molecule has 2 N–H and O–H groups in total. The lowest BCUT2D eigenvalue weighted by atomic mass is 9.99. The van der Waals surface area contributed by atoms with Crippen molar-refractivity contribution in [1.29, 1.82) is 0 Å². The maximum absolute atomic E-state index is 12.3. The van der Waals surface area contributed by atoms with Gasteiger partial charge in [-0.1, -0.05) is 6.07 Å². The zero-order chi connectivity index (χ0) is 18.2. The molecule has 0 radical (unpaired) electrons. The summed E-state index contributed by atoms with van der Waals surface area (Å²) in [6.07, 6.45) is 1.61. The highest BCUT2D eigenvalue weighted by atomic mass is 32.2. The molecule has 2 amide bonds. The molecule has 0 spiro atoms. The minimum absolute atomic E-state index is 0.231. The summed E-state index contributed by atoms with van der Waals surface area (Å²) in [5, 5.41) is 11.9. The average Bonchev–Trinajstić information content (AvgIpc) is 2.62. The Bertz CT molecular complexity index is 637. The van der Waals surface area contributed by atoms with E-state index in [9.17, 15) is 14.4 Å². The summed E-state index contributed by atoms with van der Waals surface area (Å²) in [7, 11) is 1.36. The fourth-order valence-corrected chi connectivity index (χ4v) is 3.47. The summed E-state index contributed by atoms with van der Waals surface area (Å²) >= 11 is 1.50. The van der Waals surface area contributed by atoms with Crippen LogP contribution in [0.15, 0.2) is 29.2 Å². The second-order valence-electron chi connectivity index (χ2n) is 5.76. The van der Waals surface area contributed by atoms with Crippen LogP contribution in [0.3, 0.4) is 0 Å². The first-order valence-corrected chi connectivity index (χ1v) is 9.06. The molecular formula is C17H22N2O5S. The number of piperidine rings is 1. The van der Waals surface area contributed by atoms with Gasteiger partial charge < -0.3 is 20.1 Å². The number of esters is 1. The number of methoxy groups -OCH3 is 1. The summed E-state index contributed by atoms with van der Waals surface area (Å²) in [5.41, 5.74) is 0.644. The number of hydrogen-bond acceptors (Lipinski definition) is 5. The van der Waals surface area contributed by atoms with E-state index in [0.717, 1.165) is 4.90 Å². The van der Waals surface area contributed by atoms with E-state index >= 15 is 0 Å². The van der Waals surface area contributed by atoms with E-state index in [-0.39, 0.29) is 18.5 Å². The molecule has 0 aromatic heterocycles. The molecule has 136 valence electrons. The van der Waals surface area contributed by atoms with Gasteiger partial charge >= 0.3 is 18.0 Å². The number of likely N-dealkylation sites (tertiary alicyclic amines) is 1. The van der Waals surface area contributed by atoms with E-state index in [0.29, 0.717) is 37.2 Å². The highest BCUT2D eigenvalue weighted by Gasteiger charge is 2.28. The molecule has 0 bridgehead atoms. The predicted octanol–water partition coefficient (Wildman–Crippen LogP) is 2.67. The Hall–Kier alpha value is -2.22. The van der Waals surface area contributed by atoms with Gasteiger partial charge in [0.15, 0.2) is 0 Å². The second-order valence-corrected chi connectivity index (χ2v) is 6.92. The van der Waals surface area contributed by atoms with Gasteiger partial charge in [0.2, 0.25) is 0 Å². The van der Waals surface area contributed by atoms with Crippen molar-refractivity contribution in [3.8, 4) is 0 Å². The molecule has 8 heteroatoms. The zero-order valence-electron chi connectivity index (χ0n) is 14.1.